The lowest BCUT2D eigenvalue weighted by atomic mass is 10.0. The first-order valence-electron chi connectivity index (χ1n) is 4.71. The number of rotatable bonds is 2. The van der Waals surface area contributed by atoms with Crippen molar-refractivity contribution in [1.29, 1.82) is 0 Å². The van der Waals surface area contributed by atoms with E-state index in [1.807, 2.05) is 0 Å². The molecule has 0 atom stereocenters. The fourth-order valence-electron chi connectivity index (χ4n) is 0.341. The molecule has 0 aliphatic heterocycles. The highest BCUT2D eigenvalue weighted by Crippen LogP contribution is 2.08. The summed E-state index contributed by atoms with van der Waals surface area (Å²) < 4.78 is 0. The second kappa shape index (κ2) is 5.78. The molecule has 14 heavy (non-hydrogen) atoms. The van der Waals surface area contributed by atoms with Crippen molar-refractivity contribution in [2.75, 3.05) is 0 Å². The van der Waals surface area contributed by atoms with Gasteiger partial charge in [0.15, 0.2) is 0 Å². The molecule has 0 aliphatic rings. The van der Waals surface area contributed by atoms with Gasteiger partial charge in [-0.1, -0.05) is 27.7 Å². The van der Waals surface area contributed by atoms with Gasteiger partial charge in [0, 0.05) is 5.54 Å². The van der Waals surface area contributed by atoms with Gasteiger partial charge in [0.2, 0.25) is 12.8 Å². The Bertz CT molecular complexity index is 161. The van der Waals surface area contributed by atoms with Crippen LogP contribution in [0.1, 0.15) is 48.5 Å². The van der Waals surface area contributed by atoms with Crippen LogP contribution in [0.3, 0.4) is 0 Å². The van der Waals surface area contributed by atoms with Gasteiger partial charge in [-0.25, -0.2) is 0 Å². The molecule has 0 fully saturated rings. The topological polar surface area (TPSA) is 37.4 Å². The van der Waals surface area contributed by atoms with Crippen molar-refractivity contribution >= 4 is 12.8 Å². The quantitative estimate of drug-likeness (QED) is 0.643. The predicted octanol–water partition coefficient (Wildman–Crippen LogP) is 2.45. The zero-order chi connectivity index (χ0) is 12.0. The minimum atomic E-state index is -0.385. The zero-order valence-electron chi connectivity index (χ0n) is 10.4. The van der Waals surface area contributed by atoms with Gasteiger partial charge in [-0.2, -0.15) is 0 Å². The van der Waals surface area contributed by atoms with Crippen LogP contribution in [0, 0.1) is 5.41 Å². The van der Waals surface area contributed by atoms with Crippen molar-refractivity contribution < 1.29 is 9.59 Å². The van der Waals surface area contributed by atoms with Crippen molar-refractivity contribution in [3.8, 4) is 0 Å². The molecule has 0 N–H and O–H groups in total. The first kappa shape index (κ1) is 15.6. The number of amides is 2. The molecule has 0 bridgehead atoms. The fourth-order valence-corrected chi connectivity index (χ4v) is 0.341. The van der Waals surface area contributed by atoms with Crippen LogP contribution in [-0.4, -0.2) is 23.3 Å². The molecule has 0 aromatic heterocycles. The Kier molecular flexibility index (Phi) is 6.45. The molecule has 0 aromatic carbocycles. The van der Waals surface area contributed by atoms with Crippen LogP contribution in [0.15, 0.2) is 0 Å². The predicted molar refractivity (Wildman–Crippen MR) is 58.8 cm³/mol. The van der Waals surface area contributed by atoms with E-state index in [9.17, 15) is 9.59 Å². The lowest BCUT2D eigenvalue weighted by Gasteiger charge is -2.25. The molecule has 0 rings (SSSR count). The number of imide groups is 1. The lowest BCUT2D eigenvalue weighted by Crippen LogP contribution is -2.38. The Balaban J connectivity index is 0. The zero-order valence-corrected chi connectivity index (χ0v) is 10.4. The molecule has 0 saturated heterocycles. The van der Waals surface area contributed by atoms with E-state index >= 15 is 0 Å². The van der Waals surface area contributed by atoms with Gasteiger partial charge < -0.3 is 0 Å². The van der Waals surface area contributed by atoms with Crippen LogP contribution in [0.2, 0.25) is 0 Å². The molecule has 0 spiro atoms. The Morgan fingerprint density at radius 2 is 1.00 bits per heavy atom. The summed E-state index contributed by atoms with van der Waals surface area (Å²) in [4.78, 5) is 21.2. The maximum atomic E-state index is 10.1. The third-order valence-electron chi connectivity index (χ3n) is 1.00. The molecule has 0 heterocycles. The third-order valence-corrected chi connectivity index (χ3v) is 1.00. The van der Waals surface area contributed by atoms with E-state index < -0.39 is 0 Å². The monoisotopic (exact) mass is 201 g/mol. The van der Waals surface area contributed by atoms with Crippen LogP contribution in [0.4, 0.5) is 0 Å². The third kappa shape index (κ3) is 13.7. The summed E-state index contributed by atoms with van der Waals surface area (Å²) in [5, 5.41) is 0. The molecule has 2 amide bonds. The smallest absolute Gasteiger partial charge is 0.216 e. The minimum absolute atomic E-state index is 0.385. The summed E-state index contributed by atoms with van der Waals surface area (Å²) >= 11 is 0. The first-order valence-corrected chi connectivity index (χ1v) is 4.71. The van der Waals surface area contributed by atoms with Gasteiger partial charge in [-0.05, 0) is 26.2 Å². The highest BCUT2D eigenvalue weighted by molar-refractivity contribution is 5.69. The summed E-state index contributed by atoms with van der Waals surface area (Å²) in [6, 6.07) is 0. The van der Waals surface area contributed by atoms with Gasteiger partial charge in [0.1, 0.15) is 0 Å². The minimum Gasteiger partial charge on any atom is -0.282 e. The van der Waals surface area contributed by atoms with E-state index in [0.29, 0.717) is 18.2 Å². The van der Waals surface area contributed by atoms with E-state index in [4.69, 9.17) is 0 Å². The van der Waals surface area contributed by atoms with Crippen LogP contribution in [0.25, 0.3) is 0 Å². The second-order valence-electron chi connectivity index (χ2n) is 5.79. The Labute approximate surface area is 87.5 Å². The summed E-state index contributed by atoms with van der Waals surface area (Å²) in [5.74, 6) is 0. The molecule has 0 aromatic rings. The van der Waals surface area contributed by atoms with E-state index in [0.717, 1.165) is 4.90 Å². The second-order valence-corrected chi connectivity index (χ2v) is 5.79. The Hall–Kier alpha value is -0.860. The molecule has 0 aliphatic carbocycles. The van der Waals surface area contributed by atoms with Crippen molar-refractivity contribution in [3.63, 3.8) is 0 Å². The molecule has 3 heteroatoms. The number of hydrogen-bond acceptors (Lipinski definition) is 2. The van der Waals surface area contributed by atoms with Gasteiger partial charge in [-0.15, -0.1) is 0 Å². The first-order chi connectivity index (χ1) is 6.02. The van der Waals surface area contributed by atoms with Gasteiger partial charge >= 0.3 is 0 Å². The average Bonchev–Trinajstić information content (AvgIpc) is 1.82. The molecule has 84 valence electrons. The van der Waals surface area contributed by atoms with E-state index in [1.165, 1.54) is 0 Å². The largest absolute Gasteiger partial charge is 0.282 e. The molecule has 0 saturated carbocycles. The number of nitrogens with zero attached hydrogens (tertiary/aromatic N) is 1. The maximum absolute atomic E-state index is 10.1. The maximum Gasteiger partial charge on any atom is 0.216 e. The Morgan fingerprint density at radius 3 is 1.00 bits per heavy atom. The van der Waals surface area contributed by atoms with Crippen LogP contribution in [0.5, 0.6) is 0 Å². The van der Waals surface area contributed by atoms with Crippen molar-refractivity contribution in [3.05, 3.63) is 0 Å². The standard InChI is InChI=1S/C6H11NO2.C5H12/c1-6(2,3)7(4-8)5-9;1-5(2,3)4/h4-5H,1-3H3;1-4H3. The highest BCUT2D eigenvalue weighted by Gasteiger charge is 2.17. The summed E-state index contributed by atoms with van der Waals surface area (Å²) in [7, 11) is 0. The summed E-state index contributed by atoms with van der Waals surface area (Å²) in [6.45, 7) is 14.1. The number of carbonyl (C=O) groups excluding carboxylic acids is 2. The van der Waals surface area contributed by atoms with E-state index in [-0.39, 0.29) is 5.54 Å². The highest BCUT2D eigenvalue weighted by atomic mass is 16.2. The Morgan fingerprint density at radius 1 is 0.786 bits per heavy atom. The molecule has 3 nitrogen and oxygen atoms in total. The molecule has 0 radical (unpaired) electrons. The number of carbonyl (C=O) groups is 2. The molecular weight excluding hydrogens is 178 g/mol. The van der Waals surface area contributed by atoms with E-state index in [1.54, 1.807) is 20.8 Å². The van der Waals surface area contributed by atoms with Crippen molar-refractivity contribution in [2.24, 2.45) is 5.41 Å². The molecule has 0 unspecified atom stereocenters. The van der Waals surface area contributed by atoms with Gasteiger partial charge in [0.25, 0.3) is 0 Å². The SMILES string of the molecule is CC(C)(C)C.CC(C)(C)N(C=O)C=O. The van der Waals surface area contributed by atoms with Crippen LogP contribution >= 0.6 is 0 Å². The van der Waals surface area contributed by atoms with Crippen LogP contribution < -0.4 is 0 Å². The average molecular weight is 201 g/mol. The summed E-state index contributed by atoms with van der Waals surface area (Å²) in [6.07, 6.45) is 1.04. The van der Waals surface area contributed by atoms with Crippen molar-refractivity contribution in [1.82, 2.24) is 4.90 Å². The lowest BCUT2D eigenvalue weighted by molar-refractivity contribution is -0.134. The normalized spacial score (nSPS) is 11.1. The van der Waals surface area contributed by atoms with Crippen molar-refractivity contribution in [2.45, 2.75) is 54.0 Å². The summed E-state index contributed by atoms with van der Waals surface area (Å²) in [5.41, 5.74) is 0.115. The van der Waals surface area contributed by atoms with Gasteiger partial charge in [0.05, 0.1) is 0 Å². The number of hydrogen-bond donors (Lipinski definition) is 0. The van der Waals surface area contributed by atoms with E-state index in [2.05, 4.69) is 27.7 Å². The van der Waals surface area contributed by atoms with Gasteiger partial charge in [-0.3, -0.25) is 14.5 Å². The molecular formula is C11H23NO2. The fraction of sp³-hybridized carbons (Fsp3) is 0.818. The van der Waals surface area contributed by atoms with Crippen LogP contribution in [-0.2, 0) is 9.59 Å².